The maximum absolute atomic E-state index is 13.1. The third-order valence-electron chi connectivity index (χ3n) is 5.31. The van der Waals surface area contributed by atoms with Gasteiger partial charge >= 0.3 is 6.18 Å². The molecule has 1 saturated heterocycles. The first-order chi connectivity index (χ1) is 14.2. The fraction of sp³-hybridized carbons (Fsp3) is 0.524. The van der Waals surface area contributed by atoms with E-state index in [1.165, 1.54) is 6.07 Å². The van der Waals surface area contributed by atoms with E-state index >= 15 is 0 Å². The van der Waals surface area contributed by atoms with Crippen LogP contribution in [0.5, 0.6) is 0 Å². The van der Waals surface area contributed by atoms with Gasteiger partial charge in [-0.15, -0.1) is 24.0 Å². The Kier molecular flexibility index (Phi) is 8.75. The molecule has 3 rings (SSSR count). The van der Waals surface area contributed by atoms with E-state index in [9.17, 15) is 13.2 Å². The summed E-state index contributed by atoms with van der Waals surface area (Å²) in [5, 5.41) is 7.36. The molecule has 0 saturated carbocycles. The van der Waals surface area contributed by atoms with Crippen LogP contribution in [0, 0.1) is 13.8 Å². The monoisotopic (exact) mass is 552 g/mol. The van der Waals surface area contributed by atoms with Crippen LogP contribution in [0.1, 0.15) is 47.1 Å². The molecule has 0 spiro atoms. The van der Waals surface area contributed by atoms with Crippen molar-refractivity contribution in [3.05, 3.63) is 52.4 Å². The van der Waals surface area contributed by atoms with E-state index in [2.05, 4.69) is 22.4 Å². The first kappa shape index (κ1) is 25.4. The van der Waals surface area contributed by atoms with Gasteiger partial charge in [0.1, 0.15) is 11.9 Å². The van der Waals surface area contributed by atoms with Crippen LogP contribution in [0.25, 0.3) is 0 Å². The first-order valence-electron chi connectivity index (χ1n) is 9.87. The Balaban J connectivity index is 0.00000341. The van der Waals surface area contributed by atoms with Crippen LogP contribution in [-0.2, 0) is 10.9 Å². The second kappa shape index (κ2) is 10.7. The Hall–Kier alpha value is -1.82. The van der Waals surface area contributed by atoms with Crippen molar-refractivity contribution in [1.82, 2.24) is 15.4 Å². The van der Waals surface area contributed by atoms with Crippen molar-refractivity contribution in [3.8, 4) is 0 Å². The molecule has 10 heteroatoms. The molecule has 0 aliphatic carbocycles. The van der Waals surface area contributed by atoms with Gasteiger partial charge in [-0.05, 0) is 31.5 Å². The number of ether oxygens (including phenoxy) is 1. The van der Waals surface area contributed by atoms with Gasteiger partial charge in [-0.25, -0.2) is 0 Å². The Morgan fingerprint density at radius 1 is 1.35 bits per heavy atom. The normalized spacial score (nSPS) is 18.5. The van der Waals surface area contributed by atoms with Crippen LogP contribution in [-0.4, -0.2) is 49.3 Å². The van der Waals surface area contributed by atoms with Gasteiger partial charge in [0.05, 0.1) is 24.4 Å². The molecule has 1 N–H and O–H groups in total. The average Bonchev–Trinajstić information content (AvgIpc) is 3.06. The number of benzene rings is 1. The summed E-state index contributed by atoms with van der Waals surface area (Å²) in [6, 6.07) is 5.31. The van der Waals surface area contributed by atoms with Gasteiger partial charge < -0.3 is 19.5 Å². The summed E-state index contributed by atoms with van der Waals surface area (Å²) in [6.45, 7) is 7.94. The van der Waals surface area contributed by atoms with E-state index in [4.69, 9.17) is 9.26 Å². The number of aromatic nitrogens is 1. The Morgan fingerprint density at radius 2 is 2.10 bits per heavy atom. The molecule has 1 aromatic carbocycles. The van der Waals surface area contributed by atoms with E-state index in [0.29, 0.717) is 37.8 Å². The van der Waals surface area contributed by atoms with Crippen molar-refractivity contribution < 1.29 is 22.4 Å². The Morgan fingerprint density at radius 3 is 2.71 bits per heavy atom. The molecule has 6 nitrogen and oxygen atoms in total. The molecular formula is C21H28F3IN4O2. The highest BCUT2D eigenvalue weighted by atomic mass is 127. The number of morpholine rings is 1. The third-order valence-corrected chi connectivity index (χ3v) is 5.31. The highest BCUT2D eigenvalue weighted by molar-refractivity contribution is 14.0. The van der Waals surface area contributed by atoms with Crippen molar-refractivity contribution in [2.24, 2.45) is 4.99 Å². The SMILES string of the molecule is CN=C(NCC(C)c1c(C)noc1C)N1CCOC(c2cccc(C(F)(F)F)c2)C1.I. The van der Waals surface area contributed by atoms with Crippen LogP contribution in [0.15, 0.2) is 33.8 Å². The number of alkyl halides is 3. The average molecular weight is 552 g/mol. The van der Waals surface area contributed by atoms with E-state index in [-0.39, 0.29) is 29.9 Å². The van der Waals surface area contributed by atoms with Crippen LogP contribution >= 0.6 is 24.0 Å². The lowest BCUT2D eigenvalue weighted by Crippen LogP contribution is -2.48. The predicted octanol–water partition coefficient (Wildman–Crippen LogP) is 4.68. The standard InChI is InChI=1S/C21H27F3N4O2.HI/c1-13(19-14(2)27-30-15(19)3)11-26-20(25-4)28-8-9-29-18(12-28)16-6-5-7-17(10-16)21(22,23)24;/h5-7,10,13,18H,8-9,11-12H2,1-4H3,(H,25,26);1H. The Labute approximate surface area is 197 Å². The van der Waals surface area contributed by atoms with Crippen molar-refractivity contribution in [1.29, 1.82) is 0 Å². The summed E-state index contributed by atoms with van der Waals surface area (Å²) >= 11 is 0. The minimum absolute atomic E-state index is 0. The van der Waals surface area contributed by atoms with Crippen molar-refractivity contribution in [2.45, 2.75) is 39.0 Å². The fourth-order valence-electron chi connectivity index (χ4n) is 3.83. The Bertz CT molecular complexity index is 881. The van der Waals surface area contributed by atoms with Crippen LogP contribution in [0.2, 0.25) is 0 Å². The molecule has 2 unspecified atom stereocenters. The van der Waals surface area contributed by atoms with Gasteiger partial charge in [-0.1, -0.05) is 24.2 Å². The zero-order chi connectivity index (χ0) is 21.9. The predicted molar refractivity (Wildman–Crippen MR) is 123 cm³/mol. The van der Waals surface area contributed by atoms with Gasteiger partial charge in [-0.2, -0.15) is 13.2 Å². The maximum atomic E-state index is 13.1. The number of aryl methyl sites for hydroxylation is 2. The van der Waals surface area contributed by atoms with E-state index in [1.54, 1.807) is 13.1 Å². The molecule has 2 heterocycles. The van der Waals surface area contributed by atoms with Crippen molar-refractivity contribution >= 4 is 29.9 Å². The number of rotatable bonds is 4. The van der Waals surface area contributed by atoms with Crippen molar-refractivity contribution in [2.75, 3.05) is 33.3 Å². The van der Waals surface area contributed by atoms with E-state index in [1.807, 2.05) is 18.7 Å². The highest BCUT2D eigenvalue weighted by Crippen LogP contribution is 2.32. The summed E-state index contributed by atoms with van der Waals surface area (Å²) in [7, 11) is 1.69. The molecule has 31 heavy (non-hydrogen) atoms. The molecule has 0 radical (unpaired) electrons. The first-order valence-corrected chi connectivity index (χ1v) is 9.87. The number of hydrogen-bond acceptors (Lipinski definition) is 4. The molecule has 2 aromatic rings. The molecule has 1 aliphatic rings. The van der Waals surface area contributed by atoms with E-state index in [0.717, 1.165) is 29.2 Å². The molecule has 0 amide bonds. The topological polar surface area (TPSA) is 62.9 Å². The fourth-order valence-corrected chi connectivity index (χ4v) is 3.83. The number of guanidine groups is 1. The highest BCUT2D eigenvalue weighted by Gasteiger charge is 2.32. The molecular weight excluding hydrogens is 524 g/mol. The lowest BCUT2D eigenvalue weighted by atomic mass is 9.99. The number of halogens is 4. The largest absolute Gasteiger partial charge is 0.416 e. The lowest BCUT2D eigenvalue weighted by molar-refractivity contribution is -0.137. The summed E-state index contributed by atoms with van der Waals surface area (Å²) < 4.78 is 50.2. The summed E-state index contributed by atoms with van der Waals surface area (Å²) in [4.78, 5) is 6.36. The van der Waals surface area contributed by atoms with E-state index < -0.39 is 17.8 Å². The van der Waals surface area contributed by atoms with Gasteiger partial charge in [0.2, 0.25) is 0 Å². The lowest BCUT2D eigenvalue weighted by Gasteiger charge is -2.35. The summed E-state index contributed by atoms with van der Waals surface area (Å²) in [5.41, 5.74) is 1.78. The molecule has 2 atom stereocenters. The number of nitrogens with zero attached hydrogens (tertiary/aromatic N) is 3. The van der Waals surface area contributed by atoms with Gasteiger partial charge in [0, 0.05) is 31.6 Å². The molecule has 1 aromatic heterocycles. The minimum Gasteiger partial charge on any atom is -0.370 e. The molecule has 172 valence electrons. The van der Waals surface area contributed by atoms with Crippen LogP contribution in [0.4, 0.5) is 13.2 Å². The van der Waals surface area contributed by atoms with Crippen molar-refractivity contribution in [3.63, 3.8) is 0 Å². The third kappa shape index (κ3) is 6.12. The smallest absolute Gasteiger partial charge is 0.370 e. The zero-order valence-electron chi connectivity index (χ0n) is 18.0. The minimum atomic E-state index is -4.38. The molecule has 1 fully saturated rings. The number of aliphatic imine (C=N–C) groups is 1. The zero-order valence-corrected chi connectivity index (χ0v) is 20.3. The quantitative estimate of drug-likeness (QED) is 0.339. The number of hydrogen-bond donors (Lipinski definition) is 1. The van der Waals surface area contributed by atoms with Crippen LogP contribution in [0.3, 0.4) is 0 Å². The summed E-state index contributed by atoms with van der Waals surface area (Å²) in [6.07, 6.45) is -4.84. The van der Waals surface area contributed by atoms with Crippen LogP contribution < -0.4 is 5.32 Å². The second-order valence-corrected chi connectivity index (χ2v) is 7.50. The molecule has 0 bridgehead atoms. The van der Waals surface area contributed by atoms with Gasteiger partial charge in [0.25, 0.3) is 0 Å². The van der Waals surface area contributed by atoms with Gasteiger partial charge in [-0.3, -0.25) is 4.99 Å². The maximum Gasteiger partial charge on any atom is 0.416 e. The molecule has 1 aliphatic heterocycles. The number of nitrogens with one attached hydrogen (secondary N) is 1. The summed E-state index contributed by atoms with van der Waals surface area (Å²) in [5.74, 6) is 1.65. The van der Waals surface area contributed by atoms with Gasteiger partial charge in [0.15, 0.2) is 5.96 Å². The second-order valence-electron chi connectivity index (χ2n) is 7.50.